The second-order valence-corrected chi connectivity index (χ2v) is 7.95. The minimum atomic E-state index is -3.00. The molecule has 0 aromatic carbocycles. The Morgan fingerprint density at radius 1 is 1.07 bits per heavy atom. The predicted octanol–water partition coefficient (Wildman–Crippen LogP) is 6.72. The summed E-state index contributed by atoms with van der Waals surface area (Å²) in [5, 5.41) is 0. The maximum atomic E-state index is 12.1. The van der Waals surface area contributed by atoms with Gasteiger partial charge in [-0.3, -0.25) is 4.79 Å². The standard InChI is InChI=1S/C24H44O4/c1-4-5-6-7-8-9-10-11-12-13-14-15-16-17-18-19-23(25)26-20-22-21-27-24(2,3)28-22/h11-12,22H,4-10,13-21H2,1-3H3/b12-11+/i20D2,21D2,22D. The highest BCUT2D eigenvalue weighted by Crippen LogP contribution is 2.22. The molecule has 4 nitrogen and oxygen atoms in total. The summed E-state index contributed by atoms with van der Waals surface area (Å²) in [6, 6.07) is 0. The molecule has 0 aliphatic carbocycles. The van der Waals surface area contributed by atoms with E-state index in [1.54, 1.807) is 0 Å². The lowest BCUT2D eigenvalue weighted by atomic mass is 10.1. The first-order chi connectivity index (χ1) is 15.4. The smallest absolute Gasteiger partial charge is 0.305 e. The van der Waals surface area contributed by atoms with E-state index in [9.17, 15) is 4.79 Å². The molecule has 1 atom stereocenters. The topological polar surface area (TPSA) is 44.8 Å². The Hall–Kier alpha value is -0.870. The number of carbonyl (C=O) groups is 1. The van der Waals surface area contributed by atoms with Crippen LogP contribution in [0.3, 0.4) is 0 Å². The first-order valence-electron chi connectivity index (χ1n) is 13.6. The second kappa shape index (κ2) is 16.0. The highest BCUT2D eigenvalue weighted by molar-refractivity contribution is 5.69. The van der Waals surface area contributed by atoms with Crippen LogP contribution in [0.5, 0.6) is 0 Å². The Labute approximate surface area is 180 Å². The van der Waals surface area contributed by atoms with Crippen molar-refractivity contribution in [3.05, 3.63) is 12.2 Å². The van der Waals surface area contributed by atoms with Crippen molar-refractivity contribution in [2.75, 3.05) is 13.1 Å². The van der Waals surface area contributed by atoms with Crippen LogP contribution in [0.1, 0.15) is 118 Å². The normalized spacial score (nSPS) is 26.3. The lowest BCUT2D eigenvalue weighted by Crippen LogP contribution is -2.25. The van der Waals surface area contributed by atoms with Gasteiger partial charge in [-0.1, -0.05) is 70.4 Å². The van der Waals surface area contributed by atoms with Gasteiger partial charge < -0.3 is 14.2 Å². The van der Waals surface area contributed by atoms with Crippen molar-refractivity contribution < 1.29 is 25.9 Å². The first-order valence-corrected chi connectivity index (χ1v) is 11.1. The van der Waals surface area contributed by atoms with E-state index >= 15 is 0 Å². The quantitative estimate of drug-likeness (QED) is 0.154. The zero-order valence-corrected chi connectivity index (χ0v) is 18.2. The van der Waals surface area contributed by atoms with Crippen LogP contribution in [-0.2, 0) is 19.0 Å². The van der Waals surface area contributed by atoms with E-state index in [0.717, 1.165) is 38.5 Å². The van der Waals surface area contributed by atoms with Crippen LogP contribution in [-0.4, -0.2) is 31.0 Å². The van der Waals surface area contributed by atoms with Crippen LogP contribution < -0.4 is 0 Å². The van der Waals surface area contributed by atoms with Crippen LogP contribution in [0.4, 0.5) is 0 Å². The summed E-state index contributed by atoms with van der Waals surface area (Å²) in [4.78, 5) is 12.1. The van der Waals surface area contributed by atoms with Crippen molar-refractivity contribution >= 4 is 5.97 Å². The number of hydrogen-bond donors (Lipinski definition) is 0. The first kappa shape index (κ1) is 17.9. The molecule has 0 aromatic rings. The van der Waals surface area contributed by atoms with E-state index in [0.29, 0.717) is 6.42 Å². The van der Waals surface area contributed by atoms with Crippen molar-refractivity contribution in [2.24, 2.45) is 0 Å². The van der Waals surface area contributed by atoms with E-state index in [1.807, 2.05) is 0 Å². The maximum absolute atomic E-state index is 12.1. The molecule has 0 saturated carbocycles. The molecule has 0 spiro atoms. The summed E-state index contributed by atoms with van der Waals surface area (Å²) in [5.41, 5.74) is 0. The van der Waals surface area contributed by atoms with E-state index in [1.165, 1.54) is 52.4 Å². The van der Waals surface area contributed by atoms with Crippen LogP contribution in [0.25, 0.3) is 0 Å². The summed E-state index contributed by atoms with van der Waals surface area (Å²) in [6.45, 7) is -0.777. The number of allylic oxidation sites excluding steroid dienone is 2. The second-order valence-electron chi connectivity index (χ2n) is 7.95. The summed E-state index contributed by atoms with van der Waals surface area (Å²) in [7, 11) is 0. The van der Waals surface area contributed by atoms with Crippen molar-refractivity contribution in [1.29, 1.82) is 0 Å². The molecule has 1 saturated heterocycles. The third kappa shape index (κ3) is 14.2. The monoisotopic (exact) mass is 401 g/mol. The predicted molar refractivity (Wildman–Crippen MR) is 115 cm³/mol. The molecule has 0 amide bonds. The Kier molecular flexibility index (Phi) is 10.2. The van der Waals surface area contributed by atoms with Gasteiger partial charge in [-0.05, 0) is 46.0 Å². The fraction of sp³-hybridized carbons (Fsp3) is 0.875. The molecular weight excluding hydrogens is 352 g/mol. The molecule has 1 unspecified atom stereocenters. The van der Waals surface area contributed by atoms with E-state index in [-0.39, 0.29) is 6.42 Å². The van der Waals surface area contributed by atoms with Crippen LogP contribution in [0, 0.1) is 0 Å². The number of esters is 1. The van der Waals surface area contributed by atoms with Gasteiger partial charge in [-0.15, -0.1) is 0 Å². The lowest BCUT2D eigenvalue weighted by molar-refractivity contribution is -0.158. The van der Waals surface area contributed by atoms with Gasteiger partial charge in [0.2, 0.25) is 0 Å². The van der Waals surface area contributed by atoms with Crippen LogP contribution in [0.2, 0.25) is 0 Å². The van der Waals surface area contributed by atoms with Gasteiger partial charge in [0, 0.05) is 6.42 Å². The fourth-order valence-corrected chi connectivity index (χ4v) is 2.99. The average molecular weight is 402 g/mol. The number of carbonyl (C=O) groups excluding carboxylic acids is 1. The molecule has 1 aliphatic heterocycles. The molecule has 1 fully saturated rings. The summed E-state index contributed by atoms with van der Waals surface area (Å²) in [6.07, 6.45) is 16.5. The fourth-order valence-electron chi connectivity index (χ4n) is 2.99. The van der Waals surface area contributed by atoms with Crippen molar-refractivity contribution in [1.82, 2.24) is 0 Å². The van der Waals surface area contributed by atoms with Gasteiger partial charge in [-0.25, -0.2) is 0 Å². The third-order valence-corrected chi connectivity index (χ3v) is 4.64. The highest BCUT2D eigenvalue weighted by atomic mass is 16.7. The summed E-state index contributed by atoms with van der Waals surface area (Å²) >= 11 is 0. The van der Waals surface area contributed by atoms with Gasteiger partial charge in [0.15, 0.2) is 5.79 Å². The number of unbranched alkanes of at least 4 members (excludes halogenated alkanes) is 11. The molecule has 164 valence electrons. The third-order valence-electron chi connectivity index (χ3n) is 4.64. The Bertz CT molecular complexity index is 610. The molecule has 0 radical (unpaired) electrons. The summed E-state index contributed by atoms with van der Waals surface area (Å²) in [5.74, 6) is -2.32. The Balaban J connectivity index is 2.14. The van der Waals surface area contributed by atoms with Crippen molar-refractivity contribution in [3.8, 4) is 0 Å². The van der Waals surface area contributed by atoms with Crippen LogP contribution >= 0.6 is 0 Å². The minimum absolute atomic E-state index is 0.0149. The molecule has 28 heavy (non-hydrogen) atoms. The average Bonchev–Trinajstić information content (AvgIpc) is 2.87. The van der Waals surface area contributed by atoms with Gasteiger partial charge in [0.25, 0.3) is 0 Å². The molecule has 1 aliphatic rings. The molecule has 1 rings (SSSR count). The molecule has 0 N–H and O–H groups in total. The zero-order valence-electron chi connectivity index (χ0n) is 23.2. The highest BCUT2D eigenvalue weighted by Gasteiger charge is 2.33. The molecule has 1 heterocycles. The number of ether oxygens (including phenoxy) is 3. The molecular formula is C24H44O4. The number of hydrogen-bond acceptors (Lipinski definition) is 4. The number of rotatable bonds is 17. The lowest BCUT2D eigenvalue weighted by Gasteiger charge is -2.16. The van der Waals surface area contributed by atoms with E-state index < -0.39 is 31.0 Å². The Morgan fingerprint density at radius 2 is 1.64 bits per heavy atom. The Morgan fingerprint density at radius 3 is 2.21 bits per heavy atom. The SMILES string of the molecule is [2H]C([2H])(OC(=O)CCCCCCC/C=C/CCCCCCCC)C1([2H])OC(C)(C)OC1([2H])[2H]. The molecule has 0 bridgehead atoms. The minimum Gasteiger partial charge on any atom is -0.463 e. The van der Waals surface area contributed by atoms with Gasteiger partial charge in [0.05, 0.1) is 13.4 Å². The van der Waals surface area contributed by atoms with Gasteiger partial charge in [0.1, 0.15) is 12.6 Å². The van der Waals surface area contributed by atoms with Crippen molar-refractivity contribution in [3.63, 3.8) is 0 Å². The van der Waals surface area contributed by atoms with E-state index in [4.69, 9.17) is 21.1 Å². The van der Waals surface area contributed by atoms with Crippen LogP contribution in [0.15, 0.2) is 12.2 Å². The summed E-state index contributed by atoms with van der Waals surface area (Å²) < 4.78 is 54.7. The van der Waals surface area contributed by atoms with Gasteiger partial charge in [-0.2, -0.15) is 0 Å². The maximum Gasteiger partial charge on any atom is 0.305 e. The van der Waals surface area contributed by atoms with E-state index in [2.05, 4.69) is 19.1 Å². The van der Waals surface area contributed by atoms with Crippen molar-refractivity contribution in [2.45, 2.75) is 123 Å². The molecule has 4 heteroatoms. The zero-order chi connectivity index (χ0) is 25.0. The van der Waals surface area contributed by atoms with Gasteiger partial charge >= 0.3 is 5.97 Å². The molecule has 0 aromatic heterocycles. The largest absolute Gasteiger partial charge is 0.463 e.